The summed E-state index contributed by atoms with van der Waals surface area (Å²) in [7, 11) is 1.88. The maximum absolute atomic E-state index is 13.4. The summed E-state index contributed by atoms with van der Waals surface area (Å²) in [5.74, 6) is 0.759. The molecule has 0 saturated carbocycles. The van der Waals surface area contributed by atoms with Gasteiger partial charge in [-0.05, 0) is 81.5 Å². The van der Waals surface area contributed by atoms with Crippen molar-refractivity contribution in [1.82, 2.24) is 20.0 Å². The summed E-state index contributed by atoms with van der Waals surface area (Å²) in [5, 5.41) is 4.02. The number of piperidine rings is 1. The lowest BCUT2D eigenvalue weighted by atomic mass is 9.84. The van der Waals surface area contributed by atoms with E-state index in [0.717, 1.165) is 69.5 Å². The normalized spacial score (nSPS) is 20.8. The summed E-state index contributed by atoms with van der Waals surface area (Å²) in [6, 6.07) is 12.0. The Bertz CT molecular complexity index is 1220. The Hall–Kier alpha value is -2.19. The van der Waals surface area contributed by atoms with Crippen molar-refractivity contribution in [2.45, 2.75) is 63.6 Å². The molecule has 0 radical (unpaired) electrons. The highest BCUT2D eigenvalue weighted by Gasteiger charge is 2.40. The van der Waals surface area contributed by atoms with Crippen LogP contribution < -0.4 is 10.1 Å². The molecule has 1 N–H and O–H groups in total. The summed E-state index contributed by atoms with van der Waals surface area (Å²) in [6.45, 7) is 8.39. The second-order valence-electron chi connectivity index (χ2n) is 11.2. The first kappa shape index (κ1) is 30.8. The Balaban J connectivity index is 0.00000370. The number of benzene rings is 2. The molecule has 2 aromatic rings. The largest absolute Gasteiger partial charge is 0.491 e. The smallest absolute Gasteiger partial charge is 0.317 e. The number of hydrogen-bond donors (Lipinski definition) is 1. The quantitative estimate of drug-likeness (QED) is 0.377. The van der Waals surface area contributed by atoms with Crippen LogP contribution in [0.2, 0.25) is 10.0 Å². The van der Waals surface area contributed by atoms with Crippen molar-refractivity contribution >= 4 is 47.5 Å². The van der Waals surface area contributed by atoms with Gasteiger partial charge in [0.05, 0.1) is 22.2 Å². The van der Waals surface area contributed by atoms with Crippen LogP contribution >= 0.6 is 35.6 Å². The summed E-state index contributed by atoms with van der Waals surface area (Å²) in [4.78, 5) is 32.1. The van der Waals surface area contributed by atoms with Crippen LogP contribution in [0.15, 0.2) is 36.4 Å². The van der Waals surface area contributed by atoms with Crippen LogP contribution in [0.25, 0.3) is 0 Å². The van der Waals surface area contributed by atoms with E-state index in [1.165, 1.54) is 0 Å². The summed E-state index contributed by atoms with van der Waals surface area (Å²) >= 11 is 12.7. The molecule has 2 atom stereocenters. The SMILES string of the molecule is CC(C)Oc1ccc2c(c1)C(=O)N(C)C2C(CCN1CCC(N2CCCNC2=O)CC1)c1ccc(Cl)c(Cl)c1.Cl. The average molecular weight is 610 g/mol. The van der Waals surface area contributed by atoms with Gasteiger partial charge in [-0.1, -0.05) is 35.3 Å². The van der Waals surface area contributed by atoms with Crippen LogP contribution in [0.1, 0.15) is 73.0 Å². The molecular formula is C30H39Cl3N4O3. The molecule has 5 rings (SSSR count). The molecule has 7 nitrogen and oxygen atoms in total. The van der Waals surface area contributed by atoms with E-state index in [2.05, 4.69) is 10.2 Å². The fourth-order valence-corrected chi connectivity index (χ4v) is 6.66. The number of rotatable bonds is 8. The number of ether oxygens (including phenoxy) is 1. The molecule has 0 spiro atoms. The van der Waals surface area contributed by atoms with Crippen molar-refractivity contribution in [1.29, 1.82) is 0 Å². The lowest BCUT2D eigenvalue weighted by molar-refractivity contribution is 0.0740. The first-order chi connectivity index (χ1) is 18.7. The number of carbonyl (C=O) groups is 2. The van der Waals surface area contributed by atoms with Gasteiger partial charge in [-0.2, -0.15) is 0 Å². The van der Waals surface area contributed by atoms with Gasteiger partial charge >= 0.3 is 6.03 Å². The number of likely N-dealkylation sites (tertiary alicyclic amines) is 1. The molecule has 0 aromatic heterocycles. The highest BCUT2D eigenvalue weighted by atomic mass is 35.5. The standard InChI is InChI=1S/C30H38Cl2N4O3.ClH/c1-19(2)39-22-6-7-24-25(18-22)29(37)34(3)28(24)23(20-5-8-26(31)27(32)17-20)11-16-35-14-9-21(10-15-35)36-13-4-12-33-30(36)38;/h5-8,17-19,21,23,28H,4,9-16H2,1-3H3,(H,33,38);1H. The molecule has 0 aliphatic carbocycles. The van der Waals surface area contributed by atoms with Gasteiger partial charge in [-0.25, -0.2) is 4.79 Å². The number of amides is 3. The molecular weight excluding hydrogens is 571 g/mol. The monoisotopic (exact) mass is 608 g/mol. The second kappa shape index (κ2) is 13.2. The molecule has 3 heterocycles. The summed E-state index contributed by atoms with van der Waals surface area (Å²) in [6.07, 6.45) is 3.86. The van der Waals surface area contributed by atoms with Crippen molar-refractivity contribution in [2.24, 2.45) is 0 Å². The highest BCUT2D eigenvalue weighted by Crippen LogP contribution is 2.46. The summed E-state index contributed by atoms with van der Waals surface area (Å²) in [5.41, 5.74) is 2.79. The first-order valence-electron chi connectivity index (χ1n) is 14.0. The molecule has 2 unspecified atom stereocenters. The molecule has 2 fully saturated rings. The van der Waals surface area contributed by atoms with Crippen LogP contribution in [0.3, 0.4) is 0 Å². The van der Waals surface area contributed by atoms with E-state index >= 15 is 0 Å². The van der Waals surface area contributed by atoms with E-state index in [1.807, 2.05) is 67.1 Å². The van der Waals surface area contributed by atoms with Crippen molar-refractivity contribution in [2.75, 3.05) is 39.8 Å². The van der Waals surface area contributed by atoms with Gasteiger partial charge in [0.25, 0.3) is 5.91 Å². The van der Waals surface area contributed by atoms with Crippen LogP contribution in [0.5, 0.6) is 5.75 Å². The zero-order chi connectivity index (χ0) is 27.7. The lowest BCUT2D eigenvalue weighted by Gasteiger charge is -2.40. The van der Waals surface area contributed by atoms with Gasteiger partial charge in [0.15, 0.2) is 0 Å². The number of urea groups is 1. The predicted octanol–water partition coefficient (Wildman–Crippen LogP) is 6.38. The van der Waals surface area contributed by atoms with Gasteiger partial charge in [0.2, 0.25) is 0 Å². The lowest BCUT2D eigenvalue weighted by Crippen LogP contribution is -2.54. The maximum atomic E-state index is 13.4. The van der Waals surface area contributed by atoms with Crippen molar-refractivity contribution < 1.29 is 14.3 Å². The molecule has 3 aliphatic heterocycles. The first-order valence-corrected chi connectivity index (χ1v) is 14.8. The summed E-state index contributed by atoms with van der Waals surface area (Å²) < 4.78 is 5.88. The van der Waals surface area contributed by atoms with Crippen molar-refractivity contribution in [3.8, 4) is 5.75 Å². The molecule has 2 aromatic carbocycles. The molecule has 218 valence electrons. The number of nitrogens with one attached hydrogen (secondary N) is 1. The molecule has 10 heteroatoms. The molecule has 0 bridgehead atoms. The van der Waals surface area contributed by atoms with Crippen LogP contribution in [0.4, 0.5) is 4.79 Å². The number of likely N-dealkylation sites (N-methyl/N-ethyl adjacent to an activating group) is 1. The Morgan fingerprint density at radius 2 is 1.77 bits per heavy atom. The van der Waals surface area contributed by atoms with Crippen LogP contribution in [0, 0.1) is 0 Å². The fraction of sp³-hybridized carbons (Fsp3) is 0.533. The number of nitrogens with zero attached hydrogens (tertiary/aromatic N) is 3. The van der Waals surface area contributed by atoms with Gasteiger partial charge in [-0.15, -0.1) is 12.4 Å². The molecule has 3 amide bonds. The Labute approximate surface area is 253 Å². The van der Waals surface area contributed by atoms with Crippen molar-refractivity contribution in [3.05, 3.63) is 63.1 Å². The van der Waals surface area contributed by atoms with E-state index < -0.39 is 0 Å². The fourth-order valence-electron chi connectivity index (χ4n) is 6.36. The number of carbonyl (C=O) groups excluding carboxylic acids is 2. The Kier molecular flexibility index (Phi) is 10.1. The van der Waals surface area contributed by atoms with E-state index in [-0.39, 0.29) is 42.4 Å². The zero-order valence-corrected chi connectivity index (χ0v) is 25.7. The Morgan fingerprint density at radius 1 is 1.02 bits per heavy atom. The van der Waals surface area contributed by atoms with Crippen molar-refractivity contribution in [3.63, 3.8) is 0 Å². The zero-order valence-electron chi connectivity index (χ0n) is 23.4. The van der Waals surface area contributed by atoms with Crippen LogP contribution in [-0.4, -0.2) is 78.6 Å². The second-order valence-corrected chi connectivity index (χ2v) is 12.0. The number of halogens is 3. The minimum atomic E-state index is -0.118. The van der Waals surface area contributed by atoms with Gasteiger partial charge in [0, 0.05) is 50.7 Å². The minimum Gasteiger partial charge on any atom is -0.491 e. The van der Waals surface area contributed by atoms with Crippen LogP contribution in [-0.2, 0) is 0 Å². The third-order valence-corrected chi connectivity index (χ3v) is 9.04. The predicted molar refractivity (Wildman–Crippen MR) is 162 cm³/mol. The Morgan fingerprint density at radius 3 is 2.45 bits per heavy atom. The average Bonchev–Trinajstić information content (AvgIpc) is 3.16. The van der Waals surface area contributed by atoms with Gasteiger partial charge in [-0.3, -0.25) is 4.79 Å². The molecule has 40 heavy (non-hydrogen) atoms. The number of fused-ring (bicyclic) bond motifs is 1. The number of hydrogen-bond acceptors (Lipinski definition) is 4. The van der Waals surface area contributed by atoms with E-state index in [0.29, 0.717) is 27.4 Å². The minimum absolute atomic E-state index is 0. The topological polar surface area (TPSA) is 65.1 Å². The molecule has 3 aliphatic rings. The van der Waals surface area contributed by atoms with E-state index in [4.69, 9.17) is 27.9 Å². The highest BCUT2D eigenvalue weighted by molar-refractivity contribution is 6.42. The van der Waals surface area contributed by atoms with E-state index in [9.17, 15) is 9.59 Å². The third-order valence-electron chi connectivity index (χ3n) is 8.30. The van der Waals surface area contributed by atoms with Gasteiger partial charge in [0.1, 0.15) is 5.75 Å². The van der Waals surface area contributed by atoms with E-state index in [1.54, 1.807) is 0 Å². The third kappa shape index (κ3) is 6.48. The maximum Gasteiger partial charge on any atom is 0.317 e. The van der Waals surface area contributed by atoms with Gasteiger partial charge < -0.3 is 24.8 Å². The molecule has 2 saturated heterocycles.